The maximum Gasteiger partial charge on any atom is 0.226 e. The lowest BCUT2D eigenvalue weighted by atomic mass is 10.0. The van der Waals surface area contributed by atoms with Gasteiger partial charge < -0.3 is 15.8 Å². The molecule has 3 aromatic rings. The predicted molar refractivity (Wildman–Crippen MR) is 107 cm³/mol. The average molecular weight is 362 g/mol. The Hall–Kier alpha value is -3.15. The fraction of sp³-hybridized carbons (Fsp3) is 0.286. The predicted octanol–water partition coefficient (Wildman–Crippen LogP) is 4.16. The number of hydrogen-bond donors (Lipinski definition) is 2. The van der Waals surface area contributed by atoms with Crippen LogP contribution in [0.15, 0.2) is 42.5 Å². The first-order valence-corrected chi connectivity index (χ1v) is 9.20. The van der Waals surface area contributed by atoms with E-state index in [4.69, 9.17) is 10.5 Å². The van der Waals surface area contributed by atoms with Gasteiger partial charge in [-0.05, 0) is 61.1 Å². The molecule has 0 saturated heterocycles. The number of rotatable bonds is 4. The quantitative estimate of drug-likeness (QED) is 0.727. The van der Waals surface area contributed by atoms with Gasteiger partial charge in [0.05, 0.1) is 10.9 Å². The van der Waals surface area contributed by atoms with Gasteiger partial charge >= 0.3 is 0 Å². The number of amides is 1. The number of anilines is 2. The molecule has 0 unspecified atom stereocenters. The number of nitrogens with two attached hydrogens (primary N) is 1. The molecule has 1 aliphatic carbocycles. The Morgan fingerprint density at radius 2 is 1.78 bits per heavy atom. The van der Waals surface area contributed by atoms with E-state index in [2.05, 4.69) is 15.3 Å². The first kappa shape index (κ1) is 17.3. The zero-order valence-corrected chi connectivity index (χ0v) is 15.2. The average Bonchev–Trinajstić information content (AvgIpc) is 3.15. The molecule has 3 N–H and O–H groups in total. The molecule has 0 spiro atoms. The molecule has 27 heavy (non-hydrogen) atoms. The number of aromatic nitrogens is 2. The van der Waals surface area contributed by atoms with E-state index in [-0.39, 0.29) is 18.0 Å². The summed E-state index contributed by atoms with van der Waals surface area (Å²) in [5.41, 5.74) is 9.48. The molecule has 6 heteroatoms. The van der Waals surface area contributed by atoms with Crippen LogP contribution in [0, 0.1) is 0 Å². The molecule has 1 aromatic heterocycles. The fourth-order valence-electron chi connectivity index (χ4n) is 3.50. The molecule has 1 amide bonds. The van der Waals surface area contributed by atoms with Crippen LogP contribution < -0.4 is 15.8 Å². The maximum atomic E-state index is 11.2. The van der Waals surface area contributed by atoms with Gasteiger partial charge in [-0.1, -0.05) is 18.2 Å². The minimum Gasteiger partial charge on any atom is -0.474 e. The Morgan fingerprint density at radius 1 is 1.07 bits per heavy atom. The summed E-state index contributed by atoms with van der Waals surface area (Å²) in [5.74, 6) is 0.695. The molecule has 1 aliphatic rings. The van der Waals surface area contributed by atoms with Crippen molar-refractivity contribution >= 4 is 28.4 Å². The number of fused-ring (bicyclic) bond motifs is 1. The minimum absolute atomic E-state index is 0.0862. The molecular formula is C21H22N4O2. The van der Waals surface area contributed by atoms with Crippen molar-refractivity contribution in [2.24, 2.45) is 0 Å². The SMILES string of the molecule is CC(=O)Nc1ccc(-c2ccc3nc(N)nc(OC4CCCC4)c3c2)cc1. The number of nitrogen functional groups attached to an aromatic ring is 1. The molecule has 0 bridgehead atoms. The maximum absolute atomic E-state index is 11.2. The fourth-order valence-corrected chi connectivity index (χ4v) is 3.50. The molecule has 2 aromatic carbocycles. The lowest BCUT2D eigenvalue weighted by molar-refractivity contribution is -0.114. The molecule has 4 rings (SSSR count). The Labute approximate surface area is 157 Å². The van der Waals surface area contributed by atoms with Crippen LogP contribution >= 0.6 is 0 Å². The van der Waals surface area contributed by atoms with E-state index in [9.17, 15) is 4.79 Å². The molecule has 1 heterocycles. The van der Waals surface area contributed by atoms with Crippen LogP contribution in [0.25, 0.3) is 22.0 Å². The highest BCUT2D eigenvalue weighted by atomic mass is 16.5. The van der Waals surface area contributed by atoms with Crippen LogP contribution in [-0.4, -0.2) is 22.0 Å². The van der Waals surface area contributed by atoms with Gasteiger partial charge in [0.1, 0.15) is 6.10 Å². The summed E-state index contributed by atoms with van der Waals surface area (Å²) in [6.45, 7) is 1.49. The van der Waals surface area contributed by atoms with Gasteiger partial charge in [0, 0.05) is 12.6 Å². The molecular weight excluding hydrogens is 340 g/mol. The lowest BCUT2D eigenvalue weighted by Crippen LogP contribution is -2.13. The Morgan fingerprint density at radius 3 is 2.48 bits per heavy atom. The highest BCUT2D eigenvalue weighted by Crippen LogP contribution is 2.32. The molecule has 1 saturated carbocycles. The summed E-state index contributed by atoms with van der Waals surface area (Å²) in [7, 11) is 0. The minimum atomic E-state index is -0.0862. The number of nitrogens with zero attached hydrogens (tertiary/aromatic N) is 2. The molecule has 138 valence electrons. The zero-order chi connectivity index (χ0) is 18.8. The number of ether oxygens (including phenoxy) is 1. The van der Waals surface area contributed by atoms with Gasteiger partial charge in [-0.2, -0.15) is 4.98 Å². The Bertz CT molecular complexity index is 979. The van der Waals surface area contributed by atoms with Gasteiger partial charge in [0.25, 0.3) is 0 Å². The van der Waals surface area contributed by atoms with E-state index in [1.165, 1.54) is 19.8 Å². The highest BCUT2D eigenvalue weighted by Gasteiger charge is 2.19. The molecule has 6 nitrogen and oxygen atoms in total. The van der Waals surface area contributed by atoms with E-state index in [0.29, 0.717) is 5.88 Å². The third kappa shape index (κ3) is 3.84. The first-order valence-electron chi connectivity index (χ1n) is 9.20. The second-order valence-corrected chi connectivity index (χ2v) is 6.90. The normalized spacial score (nSPS) is 14.4. The number of hydrogen-bond acceptors (Lipinski definition) is 5. The van der Waals surface area contributed by atoms with Crippen molar-refractivity contribution in [1.82, 2.24) is 9.97 Å². The molecule has 0 radical (unpaired) electrons. The van der Waals surface area contributed by atoms with Gasteiger partial charge in [-0.25, -0.2) is 4.98 Å². The largest absolute Gasteiger partial charge is 0.474 e. The Balaban J connectivity index is 1.69. The van der Waals surface area contributed by atoms with E-state index in [0.717, 1.165) is 40.6 Å². The van der Waals surface area contributed by atoms with Crippen molar-refractivity contribution in [2.75, 3.05) is 11.1 Å². The van der Waals surface area contributed by atoms with Crippen LogP contribution in [-0.2, 0) is 4.79 Å². The number of carbonyl (C=O) groups excluding carboxylic acids is 1. The Kier molecular flexibility index (Phi) is 4.62. The van der Waals surface area contributed by atoms with Crippen LogP contribution in [0.5, 0.6) is 5.88 Å². The summed E-state index contributed by atoms with van der Waals surface area (Å²) in [6, 6.07) is 13.7. The van der Waals surface area contributed by atoms with Crippen LogP contribution in [0.4, 0.5) is 11.6 Å². The number of benzene rings is 2. The van der Waals surface area contributed by atoms with Crippen molar-refractivity contribution in [2.45, 2.75) is 38.7 Å². The van der Waals surface area contributed by atoms with E-state index < -0.39 is 0 Å². The molecule has 0 aliphatic heterocycles. The third-order valence-corrected chi connectivity index (χ3v) is 4.80. The van der Waals surface area contributed by atoms with Crippen molar-refractivity contribution in [3.8, 4) is 17.0 Å². The summed E-state index contributed by atoms with van der Waals surface area (Å²) < 4.78 is 6.14. The van der Waals surface area contributed by atoms with Crippen LogP contribution in [0.1, 0.15) is 32.6 Å². The second kappa shape index (κ2) is 7.23. The topological polar surface area (TPSA) is 90.1 Å². The second-order valence-electron chi connectivity index (χ2n) is 6.90. The van der Waals surface area contributed by atoms with Crippen molar-refractivity contribution in [3.63, 3.8) is 0 Å². The van der Waals surface area contributed by atoms with E-state index in [1.54, 1.807) is 0 Å². The molecule has 0 atom stereocenters. The van der Waals surface area contributed by atoms with Crippen molar-refractivity contribution in [3.05, 3.63) is 42.5 Å². The molecule has 1 fully saturated rings. The van der Waals surface area contributed by atoms with Gasteiger partial charge in [0.2, 0.25) is 17.7 Å². The van der Waals surface area contributed by atoms with Crippen LogP contribution in [0.2, 0.25) is 0 Å². The van der Waals surface area contributed by atoms with E-state index in [1.807, 2.05) is 42.5 Å². The van der Waals surface area contributed by atoms with Gasteiger partial charge in [-0.3, -0.25) is 4.79 Å². The lowest BCUT2D eigenvalue weighted by Gasteiger charge is -2.15. The standard InChI is InChI=1S/C21H22N4O2/c1-13(26)23-16-9-6-14(7-10-16)15-8-11-19-18(12-15)20(25-21(22)24-19)27-17-4-2-3-5-17/h6-12,17H,2-5H2,1H3,(H,23,26)(H2,22,24,25). The van der Waals surface area contributed by atoms with E-state index >= 15 is 0 Å². The summed E-state index contributed by atoms with van der Waals surface area (Å²) in [4.78, 5) is 19.8. The van der Waals surface area contributed by atoms with Gasteiger partial charge in [0.15, 0.2) is 0 Å². The summed E-state index contributed by atoms with van der Waals surface area (Å²) in [6.07, 6.45) is 4.68. The van der Waals surface area contributed by atoms with Crippen molar-refractivity contribution < 1.29 is 9.53 Å². The third-order valence-electron chi connectivity index (χ3n) is 4.80. The zero-order valence-electron chi connectivity index (χ0n) is 15.2. The monoisotopic (exact) mass is 362 g/mol. The van der Waals surface area contributed by atoms with Crippen molar-refractivity contribution in [1.29, 1.82) is 0 Å². The summed E-state index contributed by atoms with van der Waals surface area (Å²) >= 11 is 0. The highest BCUT2D eigenvalue weighted by molar-refractivity contribution is 5.90. The first-order chi connectivity index (χ1) is 13.1. The van der Waals surface area contributed by atoms with Crippen LogP contribution in [0.3, 0.4) is 0 Å². The summed E-state index contributed by atoms with van der Waals surface area (Å²) in [5, 5.41) is 3.64. The number of nitrogens with one attached hydrogen (secondary N) is 1. The van der Waals surface area contributed by atoms with Gasteiger partial charge in [-0.15, -0.1) is 0 Å². The number of carbonyl (C=O) groups is 1. The smallest absolute Gasteiger partial charge is 0.226 e.